The second-order valence-corrected chi connectivity index (χ2v) is 4.27. The molecule has 0 amide bonds. The Morgan fingerprint density at radius 2 is 2.27 bits per heavy atom. The summed E-state index contributed by atoms with van der Waals surface area (Å²) in [6.45, 7) is 0. The van der Waals surface area contributed by atoms with Gasteiger partial charge in [0.25, 0.3) is 0 Å². The zero-order valence-corrected chi connectivity index (χ0v) is 8.81. The van der Waals surface area contributed by atoms with Crippen LogP contribution < -0.4 is 0 Å². The Balaban J connectivity index is 3.15. The van der Waals surface area contributed by atoms with Gasteiger partial charge in [-0.25, -0.2) is 0 Å². The number of hydrogen-bond donors (Lipinski definition) is 0. The molecule has 0 aliphatic rings. The van der Waals surface area contributed by atoms with Crippen molar-refractivity contribution in [2.75, 3.05) is 6.26 Å². The zero-order chi connectivity index (χ0) is 11.4. The van der Waals surface area contributed by atoms with E-state index in [-0.39, 0.29) is 10.5 Å². The number of nitro benzene ring substituents is 1. The number of hydrogen-bond acceptors (Lipinski definition) is 2. The van der Waals surface area contributed by atoms with Crippen molar-refractivity contribution in [3.05, 3.63) is 39.7 Å². The van der Waals surface area contributed by atoms with Crippen molar-refractivity contribution in [3.63, 3.8) is 0 Å². The number of rotatable bonds is 1. The topological polar surface area (TPSA) is 43.1 Å². The summed E-state index contributed by atoms with van der Waals surface area (Å²) in [6, 6.07) is 3.57. The van der Waals surface area contributed by atoms with Crippen LogP contribution in [0.25, 0.3) is 0 Å². The molecule has 0 bridgehead atoms. The molecule has 1 aromatic rings. The zero-order valence-electron chi connectivity index (χ0n) is 7.99. The first-order chi connectivity index (χ1) is 7.00. The summed E-state index contributed by atoms with van der Waals surface area (Å²) in [6.07, 6.45) is 1.82. The molecular weight excluding hydrogens is 217 g/mol. The van der Waals surface area contributed by atoms with Crippen LogP contribution in [0.3, 0.4) is 0 Å². The molecular formula is C10H8FNO2S. The third kappa shape index (κ3) is 3.18. The third-order valence-corrected chi connectivity index (χ3v) is 1.96. The van der Waals surface area contributed by atoms with Crippen molar-refractivity contribution >= 4 is 22.0 Å². The van der Waals surface area contributed by atoms with E-state index in [1.165, 1.54) is 6.07 Å². The molecule has 0 heterocycles. The molecule has 0 spiro atoms. The molecule has 0 N–H and O–H groups in total. The van der Waals surface area contributed by atoms with E-state index >= 15 is 0 Å². The highest BCUT2D eigenvalue weighted by molar-refractivity contribution is 8.17. The number of nitro groups is 1. The minimum absolute atomic E-state index is 0.313. The summed E-state index contributed by atoms with van der Waals surface area (Å²) in [5.41, 5.74) is -0.132. The van der Waals surface area contributed by atoms with Gasteiger partial charge in [0.1, 0.15) is 0 Å². The number of benzene rings is 1. The molecule has 0 saturated heterocycles. The van der Waals surface area contributed by atoms with E-state index in [1.54, 1.807) is 0 Å². The monoisotopic (exact) mass is 225 g/mol. The van der Waals surface area contributed by atoms with Gasteiger partial charge < -0.3 is 0 Å². The van der Waals surface area contributed by atoms with Gasteiger partial charge in [-0.05, 0) is 23.6 Å². The molecule has 1 unspecified atom stereocenters. The molecule has 78 valence electrons. The Bertz CT molecular complexity index is 488. The Labute approximate surface area is 89.0 Å². The van der Waals surface area contributed by atoms with E-state index in [4.69, 9.17) is 0 Å². The molecule has 1 atom stereocenters. The van der Waals surface area contributed by atoms with Crippen LogP contribution in [0.4, 0.5) is 10.1 Å². The van der Waals surface area contributed by atoms with Gasteiger partial charge >= 0.3 is 5.69 Å². The lowest BCUT2D eigenvalue weighted by atomic mass is 10.2. The van der Waals surface area contributed by atoms with Gasteiger partial charge in [-0.3, -0.25) is 10.1 Å². The molecule has 1 rings (SSSR count). The van der Waals surface area contributed by atoms with E-state index < -0.39 is 16.4 Å². The fourth-order valence-corrected chi connectivity index (χ4v) is 1.17. The summed E-state index contributed by atoms with van der Waals surface area (Å²) in [4.78, 5) is 9.65. The van der Waals surface area contributed by atoms with Crippen LogP contribution in [0.2, 0.25) is 0 Å². The fraction of sp³-hybridized carbons (Fsp3) is 0.100. The first-order valence-electron chi connectivity index (χ1n) is 3.92. The second kappa shape index (κ2) is 4.71. The van der Waals surface area contributed by atoms with E-state index in [0.717, 1.165) is 12.1 Å². The average Bonchev–Trinajstić information content (AvgIpc) is 2.16. The SMILES string of the molecule is C=S(C)C#Cc1ccc(F)c([N+](=O)[O-])c1. The van der Waals surface area contributed by atoms with Crippen LogP contribution in [0.15, 0.2) is 18.2 Å². The van der Waals surface area contributed by atoms with E-state index in [9.17, 15) is 14.5 Å². The van der Waals surface area contributed by atoms with Crippen LogP contribution in [-0.2, 0) is 0 Å². The Kier molecular flexibility index (Phi) is 3.58. The lowest BCUT2D eigenvalue weighted by Crippen LogP contribution is -1.92. The van der Waals surface area contributed by atoms with Crippen molar-refractivity contribution in [2.24, 2.45) is 0 Å². The minimum Gasteiger partial charge on any atom is -0.258 e. The van der Waals surface area contributed by atoms with Crippen molar-refractivity contribution in [1.82, 2.24) is 0 Å². The maximum absolute atomic E-state index is 12.9. The van der Waals surface area contributed by atoms with Gasteiger partial charge in [-0.15, -0.1) is 10.5 Å². The molecule has 0 saturated carbocycles. The fourth-order valence-electron chi connectivity index (χ4n) is 0.876. The maximum Gasteiger partial charge on any atom is 0.306 e. The Morgan fingerprint density at radius 3 is 2.80 bits per heavy atom. The predicted octanol–water partition coefficient (Wildman–Crippen LogP) is 2.37. The minimum atomic E-state index is -0.851. The lowest BCUT2D eigenvalue weighted by Gasteiger charge is -1.94. The van der Waals surface area contributed by atoms with Gasteiger partial charge in [0.2, 0.25) is 5.82 Å². The van der Waals surface area contributed by atoms with Gasteiger partial charge in [0.05, 0.1) is 4.92 Å². The van der Waals surface area contributed by atoms with Crippen LogP contribution in [0.1, 0.15) is 5.56 Å². The molecule has 1 aromatic carbocycles. The third-order valence-electron chi connectivity index (χ3n) is 1.51. The summed E-state index contributed by atoms with van der Waals surface area (Å²) < 4.78 is 12.9. The van der Waals surface area contributed by atoms with Gasteiger partial charge in [0.15, 0.2) is 0 Å². The summed E-state index contributed by atoms with van der Waals surface area (Å²) >= 11 is 0. The second-order valence-electron chi connectivity index (χ2n) is 2.79. The highest BCUT2D eigenvalue weighted by Crippen LogP contribution is 2.18. The first kappa shape index (κ1) is 11.4. The molecule has 5 heteroatoms. The van der Waals surface area contributed by atoms with Crippen molar-refractivity contribution in [1.29, 1.82) is 0 Å². The number of halogens is 1. The number of nitrogens with zero attached hydrogens (tertiary/aromatic N) is 1. The normalized spacial score (nSPS) is 11.3. The maximum atomic E-state index is 12.9. The van der Waals surface area contributed by atoms with Crippen LogP contribution in [0, 0.1) is 27.1 Å². The molecule has 0 radical (unpaired) electrons. The molecule has 15 heavy (non-hydrogen) atoms. The van der Waals surface area contributed by atoms with Gasteiger partial charge in [-0.2, -0.15) is 4.39 Å². The van der Waals surface area contributed by atoms with Crippen LogP contribution in [0.5, 0.6) is 0 Å². The highest BCUT2D eigenvalue weighted by atomic mass is 32.2. The summed E-state index contributed by atoms with van der Waals surface area (Å²) in [5.74, 6) is 5.52. The molecule has 0 aliphatic heterocycles. The molecule has 0 aromatic heterocycles. The van der Waals surface area contributed by atoms with Crippen molar-refractivity contribution in [3.8, 4) is 11.2 Å². The standard InChI is InChI=1S/C10H8FNO2S/c1-15(2)6-5-8-3-4-9(11)10(7-8)12(13)14/h3-4,7H,1H2,2H3. The van der Waals surface area contributed by atoms with E-state index in [1.807, 2.05) is 6.26 Å². The molecule has 0 aliphatic carbocycles. The summed E-state index contributed by atoms with van der Waals surface area (Å²) in [5, 5.41) is 13.2. The lowest BCUT2D eigenvalue weighted by molar-refractivity contribution is -0.387. The van der Waals surface area contributed by atoms with E-state index in [2.05, 4.69) is 17.0 Å². The Hall–Kier alpha value is -1.67. The van der Waals surface area contributed by atoms with Gasteiger partial charge in [0, 0.05) is 11.6 Å². The van der Waals surface area contributed by atoms with Crippen molar-refractivity contribution in [2.45, 2.75) is 0 Å². The molecule has 0 fully saturated rings. The largest absolute Gasteiger partial charge is 0.306 e. The quantitative estimate of drug-likeness (QED) is 0.319. The van der Waals surface area contributed by atoms with Crippen LogP contribution >= 0.6 is 10.5 Å². The molecule has 3 nitrogen and oxygen atoms in total. The summed E-state index contributed by atoms with van der Waals surface area (Å²) in [7, 11) is -0.313. The van der Waals surface area contributed by atoms with E-state index in [0.29, 0.717) is 5.56 Å². The highest BCUT2D eigenvalue weighted by Gasteiger charge is 2.13. The predicted molar refractivity (Wildman–Crippen MR) is 60.6 cm³/mol. The smallest absolute Gasteiger partial charge is 0.258 e. The van der Waals surface area contributed by atoms with Crippen molar-refractivity contribution < 1.29 is 9.31 Å². The Morgan fingerprint density at radius 1 is 1.60 bits per heavy atom. The van der Waals surface area contributed by atoms with Gasteiger partial charge in [-0.1, -0.05) is 11.8 Å². The first-order valence-corrected chi connectivity index (χ1v) is 5.72. The average molecular weight is 225 g/mol. The van der Waals surface area contributed by atoms with Crippen LogP contribution in [-0.4, -0.2) is 17.0 Å².